The van der Waals surface area contributed by atoms with E-state index in [0.717, 1.165) is 0 Å². The van der Waals surface area contributed by atoms with E-state index in [1.165, 1.54) is 22.6 Å². The zero-order chi connectivity index (χ0) is 11.8. The summed E-state index contributed by atoms with van der Waals surface area (Å²) < 4.78 is 73.5. The smallest absolute Gasteiger partial charge is 0.213 e. The summed E-state index contributed by atoms with van der Waals surface area (Å²) in [5.74, 6) is -1.93. The molecular formula is C7H2F6IN. The minimum Gasteiger partial charge on any atom is -0.213 e. The molecule has 84 valence electrons. The lowest BCUT2D eigenvalue weighted by molar-refractivity contribution is -0.142. The van der Waals surface area contributed by atoms with E-state index >= 15 is 0 Å². The van der Waals surface area contributed by atoms with Crippen LogP contribution < -0.4 is 0 Å². The Morgan fingerprint density at radius 2 is 1.80 bits per heavy atom. The monoisotopic (exact) mass is 341 g/mol. The van der Waals surface area contributed by atoms with Crippen molar-refractivity contribution < 1.29 is 26.3 Å². The predicted molar refractivity (Wildman–Crippen MR) is 46.9 cm³/mol. The van der Waals surface area contributed by atoms with Gasteiger partial charge in [0.15, 0.2) is 0 Å². The highest BCUT2D eigenvalue weighted by Crippen LogP contribution is 2.37. The van der Waals surface area contributed by atoms with Gasteiger partial charge in [0.1, 0.15) is 9.26 Å². The number of pyridine rings is 1. The highest BCUT2D eigenvalue weighted by atomic mass is 127. The summed E-state index contributed by atoms with van der Waals surface area (Å²) >= 11 is 1.36. The molecule has 1 heterocycles. The van der Waals surface area contributed by atoms with Crippen LogP contribution in [0.5, 0.6) is 0 Å². The van der Waals surface area contributed by atoms with E-state index in [-0.39, 0.29) is 3.70 Å². The van der Waals surface area contributed by atoms with Gasteiger partial charge in [-0.05, 0) is 28.7 Å². The number of rotatable bonds is 1. The number of aromatic nitrogens is 1. The van der Waals surface area contributed by atoms with E-state index in [1.807, 2.05) is 0 Å². The Morgan fingerprint density at radius 1 is 1.27 bits per heavy atom. The van der Waals surface area contributed by atoms with Gasteiger partial charge < -0.3 is 0 Å². The van der Waals surface area contributed by atoms with Crippen molar-refractivity contribution in [2.45, 2.75) is 12.6 Å². The standard InChI is InChI=1S/C7H2F6IN/c8-5(9)2-1-3(14)15-6(10)4(2)7(11,12)13/h1,5H. The zero-order valence-electron chi connectivity index (χ0n) is 6.75. The Hall–Kier alpha value is -0.540. The molecule has 0 unspecified atom stereocenters. The Labute approximate surface area is 93.6 Å². The van der Waals surface area contributed by atoms with Crippen molar-refractivity contribution in [1.29, 1.82) is 0 Å². The van der Waals surface area contributed by atoms with Crippen LogP contribution in [0.2, 0.25) is 0 Å². The zero-order valence-corrected chi connectivity index (χ0v) is 8.91. The molecule has 15 heavy (non-hydrogen) atoms. The average molecular weight is 341 g/mol. The van der Waals surface area contributed by atoms with Crippen molar-refractivity contribution in [3.63, 3.8) is 0 Å². The molecule has 0 radical (unpaired) electrons. The quantitative estimate of drug-likeness (QED) is 0.430. The van der Waals surface area contributed by atoms with Gasteiger partial charge in [-0.3, -0.25) is 0 Å². The second-order valence-corrected chi connectivity index (χ2v) is 3.60. The van der Waals surface area contributed by atoms with Crippen LogP contribution in [-0.2, 0) is 6.18 Å². The van der Waals surface area contributed by atoms with Crippen molar-refractivity contribution >= 4 is 22.6 Å². The molecule has 0 aliphatic rings. The van der Waals surface area contributed by atoms with Gasteiger partial charge in [0.25, 0.3) is 6.43 Å². The summed E-state index contributed by atoms with van der Waals surface area (Å²) in [4.78, 5) is 2.85. The van der Waals surface area contributed by atoms with Crippen LogP contribution in [0.25, 0.3) is 0 Å². The van der Waals surface area contributed by atoms with Crippen molar-refractivity contribution in [2.24, 2.45) is 0 Å². The van der Waals surface area contributed by atoms with Gasteiger partial charge >= 0.3 is 6.18 Å². The molecule has 0 aliphatic heterocycles. The van der Waals surface area contributed by atoms with Crippen molar-refractivity contribution in [2.75, 3.05) is 0 Å². The van der Waals surface area contributed by atoms with E-state index in [0.29, 0.717) is 6.07 Å². The van der Waals surface area contributed by atoms with Crippen molar-refractivity contribution in [3.8, 4) is 0 Å². The second-order valence-electron chi connectivity index (χ2n) is 2.50. The predicted octanol–water partition coefficient (Wildman–Crippen LogP) is 3.78. The van der Waals surface area contributed by atoms with E-state index in [9.17, 15) is 26.3 Å². The highest BCUT2D eigenvalue weighted by Gasteiger charge is 2.40. The number of hydrogen-bond acceptors (Lipinski definition) is 1. The van der Waals surface area contributed by atoms with E-state index in [2.05, 4.69) is 4.98 Å². The topological polar surface area (TPSA) is 12.9 Å². The maximum atomic E-state index is 12.8. The van der Waals surface area contributed by atoms with Gasteiger partial charge in [-0.1, -0.05) is 0 Å². The number of alkyl halides is 5. The van der Waals surface area contributed by atoms with Gasteiger partial charge in [0, 0.05) is 5.56 Å². The molecule has 0 atom stereocenters. The van der Waals surface area contributed by atoms with Crippen molar-refractivity contribution in [3.05, 3.63) is 26.8 Å². The third kappa shape index (κ3) is 2.73. The molecule has 1 rings (SSSR count). The minimum atomic E-state index is -5.17. The Morgan fingerprint density at radius 3 is 2.20 bits per heavy atom. The largest absolute Gasteiger partial charge is 0.421 e. The maximum Gasteiger partial charge on any atom is 0.421 e. The Balaban J connectivity index is 3.48. The molecule has 1 aromatic rings. The van der Waals surface area contributed by atoms with E-state index < -0.39 is 29.7 Å². The molecule has 0 aliphatic carbocycles. The SMILES string of the molecule is Fc1nc(I)cc(C(F)F)c1C(F)(F)F. The molecule has 0 bridgehead atoms. The lowest BCUT2D eigenvalue weighted by atomic mass is 10.1. The number of hydrogen-bond donors (Lipinski definition) is 0. The van der Waals surface area contributed by atoms with Gasteiger partial charge in [0.05, 0.1) is 0 Å². The molecule has 0 spiro atoms. The molecule has 1 aromatic heterocycles. The molecule has 1 nitrogen and oxygen atoms in total. The Kier molecular flexibility index (Phi) is 3.46. The van der Waals surface area contributed by atoms with Gasteiger partial charge in [-0.2, -0.15) is 17.6 Å². The average Bonchev–Trinajstić information content (AvgIpc) is 1.99. The first kappa shape index (κ1) is 12.5. The van der Waals surface area contributed by atoms with Crippen LogP contribution in [0.1, 0.15) is 17.6 Å². The summed E-state index contributed by atoms with van der Waals surface area (Å²) in [6, 6.07) is 0.511. The maximum absolute atomic E-state index is 12.8. The van der Waals surface area contributed by atoms with Gasteiger partial charge in [0.2, 0.25) is 5.95 Å². The first-order valence-electron chi connectivity index (χ1n) is 3.44. The van der Waals surface area contributed by atoms with E-state index in [1.54, 1.807) is 0 Å². The third-order valence-electron chi connectivity index (χ3n) is 1.49. The van der Waals surface area contributed by atoms with Gasteiger partial charge in [-0.25, -0.2) is 13.8 Å². The fourth-order valence-corrected chi connectivity index (χ4v) is 1.50. The molecule has 8 heteroatoms. The second kappa shape index (κ2) is 4.14. The highest BCUT2D eigenvalue weighted by molar-refractivity contribution is 14.1. The molecule has 0 fully saturated rings. The van der Waals surface area contributed by atoms with Crippen LogP contribution in [0.4, 0.5) is 26.3 Å². The number of nitrogens with zero attached hydrogens (tertiary/aromatic N) is 1. The molecule has 0 amide bonds. The molecule has 0 aromatic carbocycles. The third-order valence-corrected chi connectivity index (χ3v) is 2.05. The van der Waals surface area contributed by atoms with Crippen LogP contribution in [-0.4, -0.2) is 4.98 Å². The van der Waals surface area contributed by atoms with E-state index in [4.69, 9.17) is 0 Å². The Bertz CT molecular complexity index is 374. The molecular weight excluding hydrogens is 339 g/mol. The van der Waals surface area contributed by atoms with Crippen LogP contribution in [0.3, 0.4) is 0 Å². The van der Waals surface area contributed by atoms with Gasteiger partial charge in [-0.15, -0.1) is 0 Å². The van der Waals surface area contributed by atoms with Crippen LogP contribution in [0.15, 0.2) is 6.07 Å². The molecule has 0 saturated heterocycles. The summed E-state index contributed by atoms with van der Waals surface area (Å²) in [7, 11) is 0. The lowest BCUT2D eigenvalue weighted by Gasteiger charge is -2.12. The minimum absolute atomic E-state index is 0.256. The molecule has 0 saturated carbocycles. The first-order chi connectivity index (χ1) is 6.73. The normalized spacial score (nSPS) is 12.3. The number of halogens is 7. The lowest BCUT2D eigenvalue weighted by Crippen LogP contribution is -2.14. The summed E-state index contributed by atoms with van der Waals surface area (Å²) in [6.07, 6.45) is -8.57. The van der Waals surface area contributed by atoms with Crippen LogP contribution >= 0.6 is 22.6 Å². The van der Waals surface area contributed by atoms with Crippen LogP contribution in [0, 0.1) is 9.65 Å². The fourth-order valence-electron chi connectivity index (χ4n) is 0.954. The van der Waals surface area contributed by atoms with Crippen molar-refractivity contribution in [1.82, 2.24) is 4.98 Å². The summed E-state index contributed by atoms with van der Waals surface area (Å²) in [6.45, 7) is 0. The molecule has 0 N–H and O–H groups in total. The fraction of sp³-hybridized carbons (Fsp3) is 0.286. The summed E-state index contributed by atoms with van der Waals surface area (Å²) in [5, 5.41) is 0. The summed E-state index contributed by atoms with van der Waals surface area (Å²) in [5.41, 5.74) is -3.39. The first-order valence-corrected chi connectivity index (χ1v) is 4.52.